The number of thiophene rings is 1. The molecule has 0 bridgehead atoms. The van der Waals surface area contributed by atoms with Crippen molar-refractivity contribution in [1.29, 1.82) is 0 Å². The van der Waals surface area contributed by atoms with Gasteiger partial charge < -0.3 is 10.1 Å². The molecule has 0 aliphatic carbocycles. The van der Waals surface area contributed by atoms with Crippen molar-refractivity contribution >= 4 is 17.2 Å². The van der Waals surface area contributed by atoms with Crippen molar-refractivity contribution in [2.24, 2.45) is 0 Å². The summed E-state index contributed by atoms with van der Waals surface area (Å²) in [5.74, 6) is -0.716. The number of nitrogens with one attached hydrogen (secondary N) is 1. The summed E-state index contributed by atoms with van der Waals surface area (Å²) in [5.41, 5.74) is 0.916. The van der Waals surface area contributed by atoms with Gasteiger partial charge in [0.05, 0.1) is 11.4 Å². The number of halogens is 1. The van der Waals surface area contributed by atoms with Gasteiger partial charge in [-0.15, -0.1) is 11.3 Å². The molecule has 7 heteroatoms. The van der Waals surface area contributed by atoms with Crippen LogP contribution in [0.2, 0.25) is 0 Å². The summed E-state index contributed by atoms with van der Waals surface area (Å²) in [4.78, 5) is 12.8. The van der Waals surface area contributed by atoms with Gasteiger partial charge in [-0.2, -0.15) is 5.10 Å². The Labute approximate surface area is 142 Å². The molecule has 2 aromatic heterocycles. The first-order valence-electron chi connectivity index (χ1n) is 7.44. The van der Waals surface area contributed by atoms with Crippen LogP contribution in [0.4, 0.5) is 4.39 Å². The van der Waals surface area contributed by atoms with Crippen molar-refractivity contribution in [3.05, 3.63) is 59.9 Å². The Hall–Kier alpha value is -2.67. The van der Waals surface area contributed by atoms with Gasteiger partial charge in [0.1, 0.15) is 5.69 Å². The molecule has 1 aromatic carbocycles. The third-order valence-corrected chi connectivity index (χ3v) is 4.17. The van der Waals surface area contributed by atoms with Crippen LogP contribution in [0, 0.1) is 5.82 Å². The summed E-state index contributed by atoms with van der Waals surface area (Å²) in [5, 5.41) is 9.17. The van der Waals surface area contributed by atoms with Crippen LogP contribution in [0.1, 0.15) is 0 Å². The van der Waals surface area contributed by atoms with Gasteiger partial charge in [-0.25, -0.2) is 4.39 Å². The maximum absolute atomic E-state index is 13.4. The lowest BCUT2D eigenvalue weighted by Crippen LogP contribution is -2.31. The Balaban J connectivity index is 1.41. The Bertz CT molecular complexity index is 802. The maximum Gasteiger partial charge on any atom is 0.258 e. The highest BCUT2D eigenvalue weighted by Crippen LogP contribution is 2.22. The van der Waals surface area contributed by atoms with Gasteiger partial charge >= 0.3 is 0 Å². The lowest BCUT2D eigenvalue weighted by Gasteiger charge is -2.08. The van der Waals surface area contributed by atoms with E-state index in [1.807, 2.05) is 29.8 Å². The molecule has 0 radical (unpaired) electrons. The molecule has 2 heterocycles. The third kappa shape index (κ3) is 4.20. The number of carbonyl (C=O) groups excluding carboxylic acids is 1. The molecule has 0 fully saturated rings. The molecule has 24 heavy (non-hydrogen) atoms. The van der Waals surface area contributed by atoms with Crippen LogP contribution in [0.25, 0.3) is 10.6 Å². The van der Waals surface area contributed by atoms with Crippen molar-refractivity contribution < 1.29 is 13.9 Å². The smallest absolute Gasteiger partial charge is 0.258 e. The summed E-state index contributed by atoms with van der Waals surface area (Å²) < 4.78 is 20.3. The summed E-state index contributed by atoms with van der Waals surface area (Å²) in [6, 6.07) is 11.9. The zero-order valence-electron chi connectivity index (χ0n) is 12.8. The van der Waals surface area contributed by atoms with Crippen LogP contribution in [-0.2, 0) is 11.3 Å². The molecular weight excluding hydrogens is 329 g/mol. The van der Waals surface area contributed by atoms with E-state index in [0.29, 0.717) is 13.1 Å². The van der Waals surface area contributed by atoms with Crippen LogP contribution >= 0.6 is 11.3 Å². The fraction of sp³-hybridized carbons (Fsp3) is 0.176. The standard InChI is InChI=1S/C17H16FN3O2S/c18-13-4-1-2-5-15(13)23-12-17(22)19-8-10-21-9-7-14(20-21)16-6-3-11-24-16/h1-7,9,11H,8,10,12H2,(H,19,22). The Morgan fingerprint density at radius 2 is 2.12 bits per heavy atom. The van der Waals surface area contributed by atoms with E-state index in [9.17, 15) is 9.18 Å². The molecule has 0 spiro atoms. The highest BCUT2D eigenvalue weighted by atomic mass is 32.1. The number of aromatic nitrogens is 2. The average Bonchev–Trinajstić information content (AvgIpc) is 3.25. The lowest BCUT2D eigenvalue weighted by molar-refractivity contribution is -0.123. The highest BCUT2D eigenvalue weighted by Gasteiger charge is 2.07. The summed E-state index contributed by atoms with van der Waals surface area (Å²) in [6.45, 7) is 0.752. The number of carbonyl (C=O) groups is 1. The van der Waals surface area contributed by atoms with Crippen LogP contribution in [-0.4, -0.2) is 28.8 Å². The van der Waals surface area contributed by atoms with Crippen LogP contribution in [0.15, 0.2) is 54.0 Å². The van der Waals surface area contributed by atoms with Crippen molar-refractivity contribution in [2.45, 2.75) is 6.54 Å². The second-order valence-electron chi connectivity index (χ2n) is 5.01. The molecule has 0 aliphatic heterocycles. The van der Waals surface area contributed by atoms with Gasteiger partial charge in [-0.1, -0.05) is 18.2 Å². The van der Waals surface area contributed by atoms with Gasteiger partial charge in [0.25, 0.3) is 5.91 Å². The minimum atomic E-state index is -0.483. The molecule has 0 aliphatic rings. The number of para-hydroxylation sites is 1. The molecule has 1 N–H and O–H groups in total. The first-order chi connectivity index (χ1) is 11.7. The Kier molecular flexibility index (Phi) is 5.22. The Morgan fingerprint density at radius 3 is 2.92 bits per heavy atom. The molecular formula is C17H16FN3O2S. The van der Waals surface area contributed by atoms with E-state index < -0.39 is 5.82 Å². The maximum atomic E-state index is 13.4. The Morgan fingerprint density at radius 1 is 1.25 bits per heavy atom. The second-order valence-corrected chi connectivity index (χ2v) is 5.96. The molecule has 0 saturated carbocycles. The van der Waals surface area contributed by atoms with Gasteiger partial charge in [0, 0.05) is 12.7 Å². The lowest BCUT2D eigenvalue weighted by atomic mass is 10.3. The second kappa shape index (κ2) is 7.74. The van der Waals surface area contributed by atoms with Crippen LogP contribution in [0.5, 0.6) is 5.75 Å². The largest absolute Gasteiger partial charge is 0.481 e. The number of nitrogens with zero attached hydrogens (tertiary/aromatic N) is 2. The van der Waals surface area contributed by atoms with Crippen LogP contribution < -0.4 is 10.1 Å². The molecule has 0 unspecified atom stereocenters. The quantitative estimate of drug-likeness (QED) is 0.716. The molecule has 3 aromatic rings. The van der Waals surface area contributed by atoms with Gasteiger partial charge in [-0.05, 0) is 29.6 Å². The van der Waals surface area contributed by atoms with Crippen molar-refractivity contribution in [2.75, 3.05) is 13.2 Å². The highest BCUT2D eigenvalue weighted by molar-refractivity contribution is 7.13. The molecule has 124 valence electrons. The molecule has 5 nitrogen and oxygen atoms in total. The summed E-state index contributed by atoms with van der Waals surface area (Å²) in [6.07, 6.45) is 1.87. The van der Waals surface area contributed by atoms with E-state index in [0.717, 1.165) is 10.6 Å². The predicted octanol–water partition coefficient (Wildman–Crippen LogP) is 2.95. The number of ether oxygens (including phenoxy) is 1. The fourth-order valence-corrected chi connectivity index (χ4v) is 2.80. The normalized spacial score (nSPS) is 10.5. The van der Waals surface area contributed by atoms with E-state index >= 15 is 0 Å². The van der Waals surface area contributed by atoms with Gasteiger partial charge in [0.2, 0.25) is 0 Å². The van der Waals surface area contributed by atoms with Crippen molar-refractivity contribution in [3.8, 4) is 16.3 Å². The van der Waals surface area contributed by atoms with Crippen molar-refractivity contribution in [3.63, 3.8) is 0 Å². The molecule has 0 saturated heterocycles. The van der Waals surface area contributed by atoms with E-state index in [4.69, 9.17) is 4.74 Å². The van der Waals surface area contributed by atoms with E-state index in [2.05, 4.69) is 10.4 Å². The molecule has 0 atom stereocenters. The number of rotatable bonds is 7. The zero-order chi connectivity index (χ0) is 16.8. The van der Waals surface area contributed by atoms with E-state index in [1.54, 1.807) is 28.2 Å². The zero-order valence-corrected chi connectivity index (χ0v) is 13.6. The molecule has 1 amide bonds. The average molecular weight is 345 g/mol. The summed E-state index contributed by atoms with van der Waals surface area (Å²) >= 11 is 1.63. The summed E-state index contributed by atoms with van der Waals surface area (Å²) in [7, 11) is 0. The third-order valence-electron chi connectivity index (χ3n) is 3.27. The SMILES string of the molecule is O=C(COc1ccccc1F)NCCn1ccc(-c2cccs2)n1. The minimum absolute atomic E-state index is 0.0697. The van der Waals surface area contributed by atoms with Crippen LogP contribution in [0.3, 0.4) is 0 Å². The van der Waals surface area contributed by atoms with Crippen molar-refractivity contribution in [1.82, 2.24) is 15.1 Å². The minimum Gasteiger partial charge on any atom is -0.481 e. The number of amides is 1. The fourth-order valence-electron chi connectivity index (χ4n) is 2.11. The number of hydrogen-bond donors (Lipinski definition) is 1. The first-order valence-corrected chi connectivity index (χ1v) is 8.32. The molecule has 3 rings (SSSR count). The number of hydrogen-bond acceptors (Lipinski definition) is 4. The topological polar surface area (TPSA) is 56.1 Å². The van der Waals surface area contributed by atoms with Gasteiger partial charge in [-0.3, -0.25) is 9.48 Å². The monoisotopic (exact) mass is 345 g/mol. The van der Waals surface area contributed by atoms with Gasteiger partial charge in [0.15, 0.2) is 18.2 Å². The number of benzene rings is 1. The predicted molar refractivity (Wildman–Crippen MR) is 90.4 cm³/mol. The van der Waals surface area contributed by atoms with E-state index in [1.165, 1.54) is 12.1 Å². The van der Waals surface area contributed by atoms with E-state index in [-0.39, 0.29) is 18.3 Å². The first kappa shape index (κ1) is 16.2.